The Kier molecular flexibility index (Phi) is 2.29. The molecule has 1 aliphatic heterocycles. The van der Waals surface area contributed by atoms with E-state index in [2.05, 4.69) is 10.8 Å². The predicted molar refractivity (Wildman–Crippen MR) is 50.1 cm³/mol. The quantitative estimate of drug-likeness (QED) is 0.594. The lowest BCUT2D eigenvalue weighted by atomic mass is 10.1. The van der Waals surface area contributed by atoms with E-state index in [1.165, 1.54) is 25.7 Å². The smallest absolute Gasteiger partial charge is 0.0613 e. The topological polar surface area (TPSA) is 0 Å². The van der Waals surface area contributed by atoms with E-state index in [0.717, 1.165) is 10.5 Å². The molecule has 1 heterocycles. The molecule has 0 saturated heterocycles. The minimum Gasteiger partial charge on any atom is -0.119 e. The molecule has 0 aromatic rings. The number of hydrogen-bond acceptors (Lipinski definition) is 2. The van der Waals surface area contributed by atoms with Crippen LogP contribution in [0.5, 0.6) is 0 Å². The third-order valence-corrected chi connectivity index (χ3v) is 5.00. The first kappa shape index (κ1) is 7.11. The first-order chi connectivity index (χ1) is 4.97. The van der Waals surface area contributed by atoms with Gasteiger partial charge in [0.1, 0.15) is 0 Å². The zero-order valence-corrected chi connectivity index (χ0v) is 7.59. The first-order valence-corrected chi connectivity index (χ1v) is 5.81. The van der Waals surface area contributed by atoms with Crippen LogP contribution in [0.4, 0.5) is 0 Å². The SMILES string of the molecule is C1=CSC(C2CCCC2)S1. The second kappa shape index (κ2) is 3.22. The minimum absolute atomic E-state index is 0.877. The Morgan fingerprint density at radius 2 is 1.60 bits per heavy atom. The molecule has 0 unspecified atom stereocenters. The van der Waals surface area contributed by atoms with Gasteiger partial charge in [0, 0.05) is 0 Å². The summed E-state index contributed by atoms with van der Waals surface area (Å²) in [6, 6.07) is 0. The van der Waals surface area contributed by atoms with Crippen molar-refractivity contribution in [3.05, 3.63) is 10.8 Å². The van der Waals surface area contributed by atoms with E-state index in [1.807, 2.05) is 23.5 Å². The van der Waals surface area contributed by atoms with Gasteiger partial charge in [-0.2, -0.15) is 0 Å². The molecule has 0 aromatic heterocycles. The molecule has 2 rings (SSSR count). The van der Waals surface area contributed by atoms with Crippen molar-refractivity contribution in [1.29, 1.82) is 0 Å². The zero-order valence-electron chi connectivity index (χ0n) is 5.95. The average Bonchev–Trinajstić information content (AvgIpc) is 2.59. The highest BCUT2D eigenvalue weighted by Gasteiger charge is 2.26. The van der Waals surface area contributed by atoms with E-state index in [-0.39, 0.29) is 0 Å². The van der Waals surface area contributed by atoms with Crippen molar-refractivity contribution in [2.24, 2.45) is 5.92 Å². The molecular formula is C8H12S2. The molecular weight excluding hydrogens is 160 g/mol. The van der Waals surface area contributed by atoms with Crippen LogP contribution in [0.15, 0.2) is 10.8 Å². The molecule has 0 spiro atoms. The Labute approximate surface area is 70.8 Å². The van der Waals surface area contributed by atoms with Crippen LogP contribution in [0.1, 0.15) is 25.7 Å². The van der Waals surface area contributed by atoms with E-state index < -0.39 is 0 Å². The molecule has 2 aliphatic rings. The summed E-state index contributed by atoms with van der Waals surface area (Å²) in [7, 11) is 0. The maximum atomic E-state index is 2.24. The monoisotopic (exact) mass is 172 g/mol. The summed E-state index contributed by atoms with van der Waals surface area (Å²) >= 11 is 4.04. The van der Waals surface area contributed by atoms with Crippen LogP contribution in [0, 0.1) is 5.92 Å². The van der Waals surface area contributed by atoms with Gasteiger partial charge in [0.05, 0.1) is 4.58 Å². The molecule has 0 aromatic carbocycles. The van der Waals surface area contributed by atoms with Gasteiger partial charge >= 0.3 is 0 Å². The molecule has 56 valence electrons. The average molecular weight is 172 g/mol. The highest BCUT2D eigenvalue weighted by Crippen LogP contribution is 2.44. The fraction of sp³-hybridized carbons (Fsp3) is 0.750. The normalized spacial score (nSPS) is 28.4. The Morgan fingerprint density at radius 3 is 2.20 bits per heavy atom. The van der Waals surface area contributed by atoms with Crippen molar-refractivity contribution in [3.63, 3.8) is 0 Å². The summed E-state index contributed by atoms with van der Waals surface area (Å²) in [6.07, 6.45) is 5.91. The van der Waals surface area contributed by atoms with Crippen molar-refractivity contribution in [3.8, 4) is 0 Å². The zero-order chi connectivity index (χ0) is 6.81. The Bertz CT molecular complexity index is 128. The van der Waals surface area contributed by atoms with Crippen LogP contribution < -0.4 is 0 Å². The van der Waals surface area contributed by atoms with E-state index in [9.17, 15) is 0 Å². The van der Waals surface area contributed by atoms with Crippen LogP contribution in [0.2, 0.25) is 0 Å². The van der Waals surface area contributed by atoms with Crippen molar-refractivity contribution in [2.75, 3.05) is 0 Å². The van der Waals surface area contributed by atoms with Crippen LogP contribution in [0.3, 0.4) is 0 Å². The Balaban J connectivity index is 1.87. The summed E-state index contributed by atoms with van der Waals surface area (Å²) in [5, 5.41) is 4.49. The largest absolute Gasteiger partial charge is 0.119 e. The summed E-state index contributed by atoms with van der Waals surface area (Å²) in [4.78, 5) is 0. The van der Waals surface area contributed by atoms with Gasteiger partial charge in [0.25, 0.3) is 0 Å². The van der Waals surface area contributed by atoms with Gasteiger partial charge in [0.2, 0.25) is 0 Å². The summed E-state index contributed by atoms with van der Waals surface area (Å²) in [6.45, 7) is 0. The molecule has 2 heteroatoms. The highest BCUT2D eigenvalue weighted by atomic mass is 32.2. The first-order valence-electron chi connectivity index (χ1n) is 3.93. The third-order valence-electron chi connectivity index (χ3n) is 2.27. The molecule has 1 saturated carbocycles. The highest BCUT2D eigenvalue weighted by molar-refractivity contribution is 8.22. The molecule has 0 amide bonds. The van der Waals surface area contributed by atoms with Crippen molar-refractivity contribution >= 4 is 23.5 Å². The van der Waals surface area contributed by atoms with Crippen molar-refractivity contribution in [2.45, 2.75) is 30.3 Å². The van der Waals surface area contributed by atoms with Crippen molar-refractivity contribution in [1.82, 2.24) is 0 Å². The summed E-state index contributed by atoms with van der Waals surface area (Å²) in [5.74, 6) is 1.02. The number of rotatable bonds is 1. The van der Waals surface area contributed by atoms with Gasteiger partial charge in [-0.05, 0) is 29.6 Å². The van der Waals surface area contributed by atoms with Crippen LogP contribution in [-0.2, 0) is 0 Å². The second-order valence-electron chi connectivity index (χ2n) is 2.96. The predicted octanol–water partition coefficient (Wildman–Crippen LogP) is 3.45. The van der Waals surface area contributed by atoms with Crippen molar-refractivity contribution < 1.29 is 0 Å². The fourth-order valence-electron chi connectivity index (χ4n) is 1.70. The second-order valence-corrected chi connectivity index (χ2v) is 5.36. The number of thioether (sulfide) groups is 2. The molecule has 0 N–H and O–H groups in total. The van der Waals surface area contributed by atoms with Gasteiger partial charge in [-0.3, -0.25) is 0 Å². The fourth-order valence-corrected chi connectivity index (χ4v) is 4.16. The van der Waals surface area contributed by atoms with Gasteiger partial charge in [-0.25, -0.2) is 0 Å². The minimum atomic E-state index is 0.877. The summed E-state index contributed by atoms with van der Waals surface area (Å²) in [5.41, 5.74) is 0. The summed E-state index contributed by atoms with van der Waals surface area (Å²) < 4.78 is 0.877. The lowest BCUT2D eigenvalue weighted by Crippen LogP contribution is -2.05. The Hall–Kier alpha value is 0.440. The maximum Gasteiger partial charge on any atom is 0.0613 e. The van der Waals surface area contributed by atoms with Crippen LogP contribution in [0.25, 0.3) is 0 Å². The molecule has 1 fully saturated rings. The van der Waals surface area contributed by atoms with Crippen LogP contribution >= 0.6 is 23.5 Å². The lowest BCUT2D eigenvalue weighted by molar-refractivity contribution is 0.603. The standard InChI is InChI=1S/C8H12S2/c1-2-4-7(3-1)8-9-5-6-10-8/h5-8H,1-4H2. The molecule has 1 aliphatic carbocycles. The van der Waals surface area contributed by atoms with Gasteiger partial charge < -0.3 is 0 Å². The Morgan fingerprint density at radius 1 is 1.00 bits per heavy atom. The van der Waals surface area contributed by atoms with Crippen LogP contribution in [-0.4, -0.2) is 4.58 Å². The van der Waals surface area contributed by atoms with Gasteiger partial charge in [-0.1, -0.05) is 12.8 Å². The number of hydrogen-bond donors (Lipinski definition) is 0. The molecule has 0 atom stereocenters. The van der Waals surface area contributed by atoms with E-state index >= 15 is 0 Å². The van der Waals surface area contributed by atoms with E-state index in [1.54, 1.807) is 0 Å². The maximum absolute atomic E-state index is 2.24. The third kappa shape index (κ3) is 1.37. The van der Waals surface area contributed by atoms with Gasteiger partial charge in [0.15, 0.2) is 0 Å². The van der Waals surface area contributed by atoms with Gasteiger partial charge in [-0.15, -0.1) is 23.5 Å². The molecule has 0 nitrogen and oxygen atoms in total. The molecule has 10 heavy (non-hydrogen) atoms. The van der Waals surface area contributed by atoms with E-state index in [4.69, 9.17) is 0 Å². The molecule has 0 bridgehead atoms. The van der Waals surface area contributed by atoms with E-state index in [0.29, 0.717) is 0 Å². The lowest BCUT2D eigenvalue weighted by Gasteiger charge is -2.14. The molecule has 0 radical (unpaired) electrons.